The van der Waals surface area contributed by atoms with Crippen LogP contribution >= 0.6 is 11.6 Å². The van der Waals surface area contributed by atoms with Crippen LogP contribution < -0.4 is 10.6 Å². The molecular weight excluding hydrogens is 224 g/mol. The molecule has 1 unspecified atom stereocenters. The van der Waals surface area contributed by atoms with Crippen LogP contribution in [0.5, 0.6) is 0 Å². The molecule has 1 aliphatic heterocycles. The summed E-state index contributed by atoms with van der Waals surface area (Å²) in [6.45, 7) is 5.34. The highest BCUT2D eigenvalue weighted by Crippen LogP contribution is 2.26. The van der Waals surface area contributed by atoms with Crippen LogP contribution in [0.4, 0.5) is 5.82 Å². The van der Waals surface area contributed by atoms with E-state index in [-0.39, 0.29) is 5.41 Å². The average molecular weight is 241 g/mol. The van der Waals surface area contributed by atoms with Gasteiger partial charge in [0, 0.05) is 13.1 Å². The molecule has 1 fully saturated rings. The molecule has 0 saturated carbocycles. The maximum Gasteiger partial charge on any atom is 0.148 e. The van der Waals surface area contributed by atoms with Crippen molar-refractivity contribution in [2.24, 2.45) is 5.41 Å². The summed E-state index contributed by atoms with van der Waals surface area (Å²) in [5.74, 6) is 0.725. The predicted octanol–water partition coefficient (Wildman–Crippen LogP) is 1.93. The van der Waals surface area contributed by atoms with Crippen LogP contribution in [-0.4, -0.2) is 29.6 Å². The van der Waals surface area contributed by atoms with Crippen molar-refractivity contribution in [3.63, 3.8) is 0 Å². The fraction of sp³-hybridized carbons (Fsp3) is 0.636. The normalized spacial score (nSPS) is 25.4. The fourth-order valence-electron chi connectivity index (χ4n) is 2.01. The van der Waals surface area contributed by atoms with Crippen molar-refractivity contribution in [3.8, 4) is 0 Å². The molecule has 1 aromatic heterocycles. The molecule has 1 aliphatic rings. The Bertz CT molecular complexity index is 350. The first kappa shape index (κ1) is 11.6. The maximum absolute atomic E-state index is 5.98. The van der Waals surface area contributed by atoms with Gasteiger partial charge in [-0.2, -0.15) is 0 Å². The molecule has 1 saturated heterocycles. The summed E-state index contributed by atoms with van der Waals surface area (Å²) in [5.41, 5.74) is 0.284. The molecule has 0 amide bonds. The second-order valence-electron chi connectivity index (χ2n) is 4.66. The Morgan fingerprint density at radius 1 is 1.62 bits per heavy atom. The SMILES string of the molecule is CC1(CNc2ncncc2Cl)CCCNC1. The molecule has 16 heavy (non-hydrogen) atoms. The average Bonchev–Trinajstić information content (AvgIpc) is 2.29. The molecule has 0 radical (unpaired) electrons. The van der Waals surface area contributed by atoms with E-state index in [1.807, 2.05) is 0 Å². The minimum Gasteiger partial charge on any atom is -0.368 e. The van der Waals surface area contributed by atoms with Gasteiger partial charge in [-0.1, -0.05) is 18.5 Å². The third-order valence-corrected chi connectivity index (χ3v) is 3.31. The van der Waals surface area contributed by atoms with Gasteiger partial charge in [0.1, 0.15) is 17.2 Å². The van der Waals surface area contributed by atoms with Gasteiger partial charge in [-0.15, -0.1) is 0 Å². The van der Waals surface area contributed by atoms with Gasteiger partial charge in [0.2, 0.25) is 0 Å². The first-order chi connectivity index (χ1) is 7.70. The Morgan fingerprint density at radius 3 is 3.19 bits per heavy atom. The van der Waals surface area contributed by atoms with Gasteiger partial charge in [-0.25, -0.2) is 9.97 Å². The first-order valence-corrected chi connectivity index (χ1v) is 5.98. The van der Waals surface area contributed by atoms with E-state index in [1.165, 1.54) is 19.2 Å². The number of piperidine rings is 1. The Kier molecular flexibility index (Phi) is 3.61. The van der Waals surface area contributed by atoms with Crippen molar-refractivity contribution in [2.45, 2.75) is 19.8 Å². The fourth-order valence-corrected chi connectivity index (χ4v) is 2.18. The molecule has 5 heteroatoms. The topological polar surface area (TPSA) is 49.8 Å². The van der Waals surface area contributed by atoms with E-state index in [1.54, 1.807) is 6.20 Å². The van der Waals surface area contributed by atoms with Crippen LogP contribution in [0.3, 0.4) is 0 Å². The molecule has 2 heterocycles. The second-order valence-corrected chi connectivity index (χ2v) is 5.07. The van der Waals surface area contributed by atoms with E-state index in [0.717, 1.165) is 25.5 Å². The third-order valence-electron chi connectivity index (χ3n) is 3.04. The van der Waals surface area contributed by atoms with E-state index >= 15 is 0 Å². The lowest BCUT2D eigenvalue weighted by Crippen LogP contribution is -2.42. The number of nitrogens with zero attached hydrogens (tertiary/aromatic N) is 2. The van der Waals surface area contributed by atoms with E-state index in [0.29, 0.717) is 5.02 Å². The van der Waals surface area contributed by atoms with Gasteiger partial charge >= 0.3 is 0 Å². The summed E-state index contributed by atoms with van der Waals surface area (Å²) in [6, 6.07) is 0. The van der Waals surface area contributed by atoms with Crippen LogP contribution in [-0.2, 0) is 0 Å². The maximum atomic E-state index is 5.98. The molecule has 2 rings (SSSR count). The smallest absolute Gasteiger partial charge is 0.148 e. The van der Waals surface area contributed by atoms with Crippen molar-refractivity contribution in [2.75, 3.05) is 25.0 Å². The minimum absolute atomic E-state index is 0.284. The minimum atomic E-state index is 0.284. The summed E-state index contributed by atoms with van der Waals surface area (Å²) in [7, 11) is 0. The zero-order valence-corrected chi connectivity index (χ0v) is 10.2. The molecule has 1 atom stereocenters. The quantitative estimate of drug-likeness (QED) is 0.848. The largest absolute Gasteiger partial charge is 0.368 e. The number of halogens is 1. The molecule has 0 aliphatic carbocycles. The molecule has 88 valence electrons. The number of anilines is 1. The Hall–Kier alpha value is -0.870. The number of rotatable bonds is 3. The van der Waals surface area contributed by atoms with Gasteiger partial charge in [-0.3, -0.25) is 0 Å². The van der Waals surface area contributed by atoms with E-state index in [2.05, 4.69) is 27.5 Å². The molecule has 0 spiro atoms. The zero-order valence-electron chi connectivity index (χ0n) is 9.46. The molecule has 1 aromatic rings. The number of hydrogen-bond donors (Lipinski definition) is 2. The summed E-state index contributed by atoms with van der Waals surface area (Å²) in [5, 5.41) is 7.30. The third kappa shape index (κ3) is 2.83. The first-order valence-electron chi connectivity index (χ1n) is 5.60. The predicted molar refractivity (Wildman–Crippen MR) is 65.7 cm³/mol. The van der Waals surface area contributed by atoms with Crippen LogP contribution in [0.15, 0.2) is 12.5 Å². The van der Waals surface area contributed by atoms with E-state index in [9.17, 15) is 0 Å². The Balaban J connectivity index is 1.94. The number of aromatic nitrogens is 2. The van der Waals surface area contributed by atoms with Crippen LogP contribution in [0.25, 0.3) is 0 Å². The monoisotopic (exact) mass is 240 g/mol. The standard InChI is InChI=1S/C11H17ClN4/c1-11(3-2-4-13-6-11)7-15-10-9(12)5-14-8-16-10/h5,8,13H,2-4,6-7H2,1H3,(H,14,15,16). The van der Waals surface area contributed by atoms with Crippen LogP contribution in [0.1, 0.15) is 19.8 Å². The summed E-state index contributed by atoms with van der Waals surface area (Å²) < 4.78 is 0. The highest BCUT2D eigenvalue weighted by molar-refractivity contribution is 6.32. The van der Waals surface area contributed by atoms with Gasteiger partial charge in [0.25, 0.3) is 0 Å². The van der Waals surface area contributed by atoms with Crippen LogP contribution in [0.2, 0.25) is 5.02 Å². The van der Waals surface area contributed by atoms with Gasteiger partial charge in [0.05, 0.1) is 6.20 Å². The molecule has 4 nitrogen and oxygen atoms in total. The van der Waals surface area contributed by atoms with Crippen LogP contribution in [0, 0.1) is 5.41 Å². The number of hydrogen-bond acceptors (Lipinski definition) is 4. The lowest BCUT2D eigenvalue weighted by Gasteiger charge is -2.34. The van der Waals surface area contributed by atoms with Gasteiger partial charge in [0.15, 0.2) is 0 Å². The van der Waals surface area contributed by atoms with Crippen molar-refractivity contribution < 1.29 is 0 Å². The van der Waals surface area contributed by atoms with Crippen molar-refractivity contribution >= 4 is 17.4 Å². The number of nitrogens with one attached hydrogen (secondary N) is 2. The highest BCUT2D eigenvalue weighted by atomic mass is 35.5. The lowest BCUT2D eigenvalue weighted by molar-refractivity contribution is 0.253. The molecule has 2 N–H and O–H groups in total. The van der Waals surface area contributed by atoms with E-state index < -0.39 is 0 Å². The lowest BCUT2D eigenvalue weighted by atomic mass is 9.83. The second kappa shape index (κ2) is 4.97. The zero-order chi connectivity index (χ0) is 11.4. The summed E-state index contributed by atoms with van der Waals surface area (Å²) in [4.78, 5) is 7.98. The molecule has 0 bridgehead atoms. The van der Waals surface area contributed by atoms with Crippen molar-refractivity contribution in [3.05, 3.63) is 17.5 Å². The summed E-state index contributed by atoms with van der Waals surface area (Å²) in [6.07, 6.45) is 5.58. The van der Waals surface area contributed by atoms with Gasteiger partial charge < -0.3 is 10.6 Å². The van der Waals surface area contributed by atoms with Crippen molar-refractivity contribution in [1.29, 1.82) is 0 Å². The van der Waals surface area contributed by atoms with E-state index in [4.69, 9.17) is 11.6 Å². The van der Waals surface area contributed by atoms with Crippen molar-refractivity contribution in [1.82, 2.24) is 15.3 Å². The Morgan fingerprint density at radius 2 is 2.50 bits per heavy atom. The highest BCUT2D eigenvalue weighted by Gasteiger charge is 2.26. The Labute approximate surface area is 101 Å². The molecule has 0 aromatic carbocycles. The van der Waals surface area contributed by atoms with Gasteiger partial charge in [-0.05, 0) is 24.8 Å². The summed E-state index contributed by atoms with van der Waals surface area (Å²) >= 11 is 5.98. The molecular formula is C11H17ClN4.